The van der Waals surface area contributed by atoms with Crippen LogP contribution in [-0.4, -0.2) is 43.3 Å². The quantitative estimate of drug-likeness (QED) is 0.418. The van der Waals surface area contributed by atoms with Crippen molar-refractivity contribution in [1.29, 1.82) is 0 Å². The van der Waals surface area contributed by atoms with Gasteiger partial charge in [0.1, 0.15) is 16.1 Å². The molecular formula is C24H26N2O4S2. The van der Waals surface area contributed by atoms with E-state index in [0.717, 1.165) is 34.3 Å². The number of amides is 1. The fourth-order valence-corrected chi connectivity index (χ4v) is 4.67. The summed E-state index contributed by atoms with van der Waals surface area (Å²) in [7, 11) is 0. The monoisotopic (exact) mass is 470 g/mol. The molecule has 2 atom stereocenters. The molecule has 1 saturated heterocycles. The van der Waals surface area contributed by atoms with Crippen molar-refractivity contribution in [2.75, 3.05) is 0 Å². The van der Waals surface area contributed by atoms with Crippen molar-refractivity contribution in [3.63, 3.8) is 0 Å². The second-order valence-electron chi connectivity index (χ2n) is 7.89. The van der Waals surface area contributed by atoms with Gasteiger partial charge in [-0.15, -0.1) is 0 Å². The average Bonchev–Trinajstić information content (AvgIpc) is 3.02. The average molecular weight is 471 g/mol. The third-order valence-electron chi connectivity index (χ3n) is 5.14. The number of carboxylic acids is 1. The number of carboxylic acid groups (broad SMARTS) is 1. The molecule has 0 saturated carbocycles. The molecule has 2 heterocycles. The number of carbonyl (C=O) groups excluding carboxylic acids is 1. The third-order valence-corrected chi connectivity index (χ3v) is 6.47. The number of thiocarbonyl (C=S) groups is 1. The van der Waals surface area contributed by atoms with E-state index >= 15 is 0 Å². The van der Waals surface area contributed by atoms with Crippen LogP contribution in [0.5, 0.6) is 5.75 Å². The Hall–Kier alpha value is -2.71. The van der Waals surface area contributed by atoms with Gasteiger partial charge in [-0.3, -0.25) is 14.7 Å². The number of carbonyl (C=O) groups is 2. The van der Waals surface area contributed by atoms with E-state index in [1.807, 2.05) is 64.1 Å². The molecular weight excluding hydrogens is 444 g/mol. The number of aliphatic carboxylic acids is 1. The van der Waals surface area contributed by atoms with Crippen molar-refractivity contribution >= 4 is 46.3 Å². The Balaban J connectivity index is 1.78. The van der Waals surface area contributed by atoms with Gasteiger partial charge >= 0.3 is 5.97 Å². The van der Waals surface area contributed by atoms with E-state index in [0.29, 0.717) is 11.3 Å². The first kappa shape index (κ1) is 23.9. The molecule has 32 heavy (non-hydrogen) atoms. The fraction of sp³-hybridized carbons (Fsp3) is 0.333. The zero-order valence-electron chi connectivity index (χ0n) is 18.4. The highest BCUT2D eigenvalue weighted by atomic mass is 32.2. The Morgan fingerprint density at radius 2 is 1.91 bits per heavy atom. The molecule has 0 unspecified atom stereocenters. The van der Waals surface area contributed by atoms with Gasteiger partial charge in [0, 0.05) is 11.8 Å². The standard InChI is InChI=1S/C24H26N2O4S2/c1-5-15(4)21(23(28)29)26-22(27)20(32-24(26)31)12-16-6-11-19(25-13-16)17-7-9-18(10-8-17)30-14(2)3/h6-15,21H,5H2,1-4H3,(H,28,29)/b20-12-/t15-,21+/m1/s1. The van der Waals surface area contributed by atoms with Crippen LogP contribution in [0.15, 0.2) is 47.5 Å². The van der Waals surface area contributed by atoms with Crippen molar-refractivity contribution in [1.82, 2.24) is 9.88 Å². The second kappa shape index (κ2) is 10.3. The molecule has 1 fully saturated rings. The molecule has 0 radical (unpaired) electrons. The fourth-order valence-electron chi connectivity index (χ4n) is 3.34. The lowest BCUT2D eigenvalue weighted by molar-refractivity contribution is -0.147. The Morgan fingerprint density at radius 3 is 2.44 bits per heavy atom. The molecule has 168 valence electrons. The summed E-state index contributed by atoms with van der Waals surface area (Å²) in [6, 6.07) is 10.5. The summed E-state index contributed by atoms with van der Waals surface area (Å²) in [6.45, 7) is 7.67. The lowest BCUT2D eigenvalue weighted by atomic mass is 9.98. The minimum absolute atomic E-state index is 0.113. The van der Waals surface area contributed by atoms with Gasteiger partial charge < -0.3 is 9.84 Å². The predicted octanol–water partition coefficient (Wildman–Crippen LogP) is 5.24. The van der Waals surface area contributed by atoms with Gasteiger partial charge in [-0.2, -0.15) is 0 Å². The summed E-state index contributed by atoms with van der Waals surface area (Å²) in [4.78, 5) is 30.9. The van der Waals surface area contributed by atoms with Gasteiger partial charge in [0.15, 0.2) is 0 Å². The topological polar surface area (TPSA) is 79.7 Å². The van der Waals surface area contributed by atoms with Crippen LogP contribution >= 0.6 is 24.0 Å². The van der Waals surface area contributed by atoms with Crippen LogP contribution in [0.3, 0.4) is 0 Å². The van der Waals surface area contributed by atoms with E-state index in [-0.39, 0.29) is 22.2 Å². The maximum atomic E-state index is 12.9. The minimum atomic E-state index is -1.05. The zero-order chi connectivity index (χ0) is 23.4. The number of ether oxygens (including phenoxy) is 1. The first-order chi connectivity index (χ1) is 15.2. The van der Waals surface area contributed by atoms with Crippen LogP contribution in [0, 0.1) is 5.92 Å². The summed E-state index contributed by atoms with van der Waals surface area (Å²) >= 11 is 6.45. The van der Waals surface area contributed by atoms with Gasteiger partial charge in [-0.1, -0.05) is 50.3 Å². The molecule has 3 rings (SSSR count). The van der Waals surface area contributed by atoms with E-state index in [4.69, 9.17) is 17.0 Å². The van der Waals surface area contributed by atoms with Crippen molar-refractivity contribution in [3.8, 4) is 17.0 Å². The number of thioether (sulfide) groups is 1. The van der Waals surface area contributed by atoms with E-state index in [9.17, 15) is 14.7 Å². The maximum Gasteiger partial charge on any atom is 0.327 e. The van der Waals surface area contributed by atoms with Gasteiger partial charge in [-0.25, -0.2) is 4.79 Å². The third kappa shape index (κ3) is 5.37. The van der Waals surface area contributed by atoms with E-state index in [1.165, 1.54) is 4.90 Å². The molecule has 0 aliphatic carbocycles. The van der Waals surface area contributed by atoms with E-state index in [2.05, 4.69) is 4.98 Å². The van der Waals surface area contributed by atoms with Crippen LogP contribution in [-0.2, 0) is 9.59 Å². The number of rotatable bonds is 8. The lowest BCUT2D eigenvalue weighted by Crippen LogP contribution is -2.47. The van der Waals surface area contributed by atoms with Crippen LogP contribution in [0.25, 0.3) is 17.3 Å². The SMILES string of the molecule is CC[C@@H](C)[C@@H](C(=O)O)N1C(=O)/C(=C/c2ccc(-c3ccc(OC(C)C)cc3)nc2)SC1=S. The van der Waals surface area contributed by atoms with Crippen LogP contribution in [0.1, 0.15) is 39.7 Å². The minimum Gasteiger partial charge on any atom is -0.491 e. The van der Waals surface area contributed by atoms with E-state index in [1.54, 1.807) is 12.3 Å². The van der Waals surface area contributed by atoms with Crippen LogP contribution in [0.4, 0.5) is 0 Å². The number of pyridine rings is 1. The Morgan fingerprint density at radius 1 is 1.22 bits per heavy atom. The number of aromatic nitrogens is 1. The van der Waals surface area contributed by atoms with Crippen molar-refractivity contribution in [3.05, 3.63) is 53.1 Å². The van der Waals surface area contributed by atoms with Gasteiger partial charge in [0.25, 0.3) is 5.91 Å². The van der Waals surface area contributed by atoms with Gasteiger partial charge in [0.2, 0.25) is 0 Å². The first-order valence-corrected chi connectivity index (χ1v) is 11.7. The Kier molecular flexibility index (Phi) is 7.69. The molecule has 1 N–H and O–H groups in total. The summed E-state index contributed by atoms with van der Waals surface area (Å²) in [5.41, 5.74) is 2.50. The van der Waals surface area contributed by atoms with Crippen LogP contribution in [0.2, 0.25) is 0 Å². The molecule has 1 amide bonds. The molecule has 8 heteroatoms. The highest BCUT2D eigenvalue weighted by Crippen LogP contribution is 2.36. The first-order valence-electron chi connectivity index (χ1n) is 10.4. The molecule has 0 spiro atoms. The molecule has 1 aliphatic rings. The summed E-state index contributed by atoms with van der Waals surface area (Å²) in [5, 5.41) is 9.65. The molecule has 1 aromatic carbocycles. The molecule has 1 aromatic heterocycles. The Labute approximate surface area is 197 Å². The molecule has 0 bridgehead atoms. The van der Waals surface area contributed by atoms with Gasteiger partial charge in [-0.05, 0) is 61.7 Å². The Bertz CT molecular complexity index is 1030. The van der Waals surface area contributed by atoms with Crippen molar-refractivity contribution in [2.45, 2.75) is 46.3 Å². The van der Waals surface area contributed by atoms with E-state index < -0.39 is 12.0 Å². The van der Waals surface area contributed by atoms with Crippen LogP contribution < -0.4 is 4.74 Å². The predicted molar refractivity (Wildman–Crippen MR) is 131 cm³/mol. The highest BCUT2D eigenvalue weighted by Gasteiger charge is 2.42. The lowest BCUT2D eigenvalue weighted by Gasteiger charge is -2.27. The van der Waals surface area contributed by atoms with Crippen molar-refractivity contribution < 1.29 is 19.4 Å². The number of hydrogen-bond acceptors (Lipinski definition) is 6. The summed E-state index contributed by atoms with van der Waals surface area (Å²) in [6.07, 6.45) is 4.13. The second-order valence-corrected chi connectivity index (χ2v) is 9.56. The maximum absolute atomic E-state index is 12.9. The largest absolute Gasteiger partial charge is 0.491 e. The molecule has 6 nitrogen and oxygen atoms in total. The summed E-state index contributed by atoms with van der Waals surface area (Å²) < 4.78 is 5.93. The number of benzene rings is 1. The van der Waals surface area contributed by atoms with Gasteiger partial charge in [0.05, 0.1) is 16.7 Å². The number of hydrogen-bond donors (Lipinski definition) is 1. The van der Waals surface area contributed by atoms with Crippen molar-refractivity contribution in [2.24, 2.45) is 5.92 Å². The number of nitrogens with zero attached hydrogens (tertiary/aromatic N) is 2. The molecule has 1 aliphatic heterocycles. The normalized spacial score (nSPS) is 17.2. The highest BCUT2D eigenvalue weighted by molar-refractivity contribution is 8.26. The smallest absolute Gasteiger partial charge is 0.327 e. The summed E-state index contributed by atoms with van der Waals surface area (Å²) in [5.74, 6) is -0.836. The zero-order valence-corrected chi connectivity index (χ0v) is 20.1. The molecule has 2 aromatic rings.